The smallest absolute Gasteiger partial charge is 0.255 e. The van der Waals surface area contributed by atoms with E-state index in [1.165, 1.54) is 43.3 Å². The number of ketones is 2. The zero-order chi connectivity index (χ0) is 29.4. The minimum absolute atomic E-state index is 0.0146. The first-order valence-corrected chi connectivity index (χ1v) is 12.0. The van der Waals surface area contributed by atoms with Gasteiger partial charge in [-0.15, -0.1) is 0 Å². The summed E-state index contributed by atoms with van der Waals surface area (Å²) in [6.07, 6.45) is -0.671. The van der Waals surface area contributed by atoms with Gasteiger partial charge in [0.25, 0.3) is 5.91 Å². The lowest BCUT2D eigenvalue weighted by atomic mass is 9.55. The van der Waals surface area contributed by atoms with Gasteiger partial charge in [-0.05, 0) is 49.0 Å². The third-order valence-corrected chi connectivity index (χ3v) is 7.74. The zero-order valence-corrected chi connectivity index (χ0v) is 21.1. The van der Waals surface area contributed by atoms with Gasteiger partial charge in [0.15, 0.2) is 11.4 Å². The molecule has 40 heavy (non-hydrogen) atoms. The number of nitrogens with zero attached hydrogens (tertiary/aromatic N) is 1. The van der Waals surface area contributed by atoms with Gasteiger partial charge >= 0.3 is 0 Å². The lowest BCUT2D eigenvalue weighted by Crippen LogP contribution is -2.70. The molecule has 0 bridgehead atoms. The number of nitrogens with two attached hydrogens (primary N) is 1. The van der Waals surface area contributed by atoms with Crippen LogP contribution >= 0.6 is 0 Å². The number of halogens is 2. The number of carbonyl (C=O) groups is 3. The molecule has 0 aromatic heterocycles. The molecule has 12 heteroatoms. The van der Waals surface area contributed by atoms with Crippen molar-refractivity contribution in [3.05, 3.63) is 81.6 Å². The van der Waals surface area contributed by atoms with E-state index in [1.807, 2.05) is 0 Å². The normalized spacial score (nSPS) is 29.0. The van der Waals surface area contributed by atoms with E-state index in [0.29, 0.717) is 6.07 Å². The first-order chi connectivity index (χ1) is 18.7. The van der Waals surface area contributed by atoms with Gasteiger partial charge in [-0.25, -0.2) is 8.78 Å². The number of phenols is 1. The summed E-state index contributed by atoms with van der Waals surface area (Å²) in [5.74, 6) is -11.7. The lowest BCUT2D eigenvalue weighted by Gasteiger charge is -2.53. The summed E-state index contributed by atoms with van der Waals surface area (Å²) in [5, 5.41) is 56.3. The van der Waals surface area contributed by atoms with Gasteiger partial charge in [0.1, 0.15) is 34.5 Å². The first kappa shape index (κ1) is 27.2. The van der Waals surface area contributed by atoms with E-state index in [1.54, 1.807) is 0 Å². The zero-order valence-electron chi connectivity index (χ0n) is 21.1. The molecule has 0 unspecified atom stereocenters. The van der Waals surface area contributed by atoms with Gasteiger partial charge in [0.2, 0.25) is 5.78 Å². The Balaban J connectivity index is 1.87. The van der Waals surface area contributed by atoms with E-state index in [-0.39, 0.29) is 22.3 Å². The molecule has 0 aliphatic heterocycles. The van der Waals surface area contributed by atoms with Crippen molar-refractivity contribution in [1.29, 1.82) is 0 Å². The Kier molecular flexibility index (Phi) is 6.17. The number of aliphatic hydroxyl groups is 4. The number of benzene rings is 2. The van der Waals surface area contributed by atoms with E-state index in [4.69, 9.17) is 5.73 Å². The molecule has 2 aromatic rings. The first-order valence-electron chi connectivity index (χ1n) is 12.0. The van der Waals surface area contributed by atoms with Crippen LogP contribution in [-0.2, 0) is 14.4 Å². The molecule has 5 rings (SSSR count). The number of carbonyl (C=O) groups excluding carboxylic acids is 3. The standard InChI is InChI=1S/C28H24F2N2O8/c1-32(2)21-20-23(35)17-14(8-10-6-11(29)9-12(30)7-10)13-4-3-5-15(33)16(13)22(34)18(17)25(37)28(20,40)26(38)19(24(21)36)27(31)39/h3-9,17,20-21,23,33-35,38,40H,1-2H3,(H2,31,39)/b14-8+/t17-,20-,21+,23+,28+/m0/s1. The highest BCUT2D eigenvalue weighted by molar-refractivity contribution is 6.25. The maximum atomic E-state index is 14.1. The monoisotopic (exact) mass is 554 g/mol. The Labute approximate surface area is 225 Å². The van der Waals surface area contributed by atoms with Gasteiger partial charge in [-0.3, -0.25) is 19.3 Å². The molecule has 0 heterocycles. The molecule has 1 saturated carbocycles. The van der Waals surface area contributed by atoms with Crippen LogP contribution in [0.5, 0.6) is 5.75 Å². The molecule has 0 radical (unpaired) electrons. The van der Waals surface area contributed by atoms with E-state index >= 15 is 0 Å². The summed E-state index contributed by atoms with van der Waals surface area (Å²) in [5.41, 5.74) is 0.292. The Hall–Kier alpha value is -4.39. The molecule has 7 N–H and O–H groups in total. The highest BCUT2D eigenvalue weighted by atomic mass is 19.1. The number of fused-ring (bicyclic) bond motifs is 3. The van der Waals surface area contributed by atoms with Crippen LogP contribution in [-0.4, -0.2) is 79.7 Å². The van der Waals surface area contributed by atoms with Crippen molar-refractivity contribution >= 4 is 34.9 Å². The number of hydrogen-bond acceptors (Lipinski definition) is 9. The number of primary amides is 1. The summed E-state index contributed by atoms with van der Waals surface area (Å²) in [4.78, 5) is 40.7. The van der Waals surface area contributed by atoms with Crippen molar-refractivity contribution in [3.8, 4) is 5.75 Å². The van der Waals surface area contributed by atoms with Crippen molar-refractivity contribution in [2.75, 3.05) is 14.1 Å². The lowest BCUT2D eigenvalue weighted by molar-refractivity contribution is -0.166. The quantitative estimate of drug-likeness (QED) is 0.304. The van der Waals surface area contributed by atoms with Gasteiger partial charge in [-0.2, -0.15) is 0 Å². The largest absolute Gasteiger partial charge is 0.508 e. The summed E-state index contributed by atoms with van der Waals surface area (Å²) >= 11 is 0. The summed E-state index contributed by atoms with van der Waals surface area (Å²) in [7, 11) is 2.76. The minimum atomic E-state index is -3.09. The number of likely N-dealkylation sites (N-methyl/N-ethyl adjacent to an activating group) is 1. The highest BCUT2D eigenvalue weighted by Crippen LogP contribution is 2.56. The molecular weight excluding hydrogens is 530 g/mol. The highest BCUT2D eigenvalue weighted by Gasteiger charge is 2.68. The van der Waals surface area contributed by atoms with E-state index in [9.17, 15) is 48.7 Å². The second-order valence-electron chi connectivity index (χ2n) is 10.2. The van der Waals surface area contributed by atoms with Gasteiger partial charge in [0, 0.05) is 12.0 Å². The molecule has 1 amide bonds. The summed E-state index contributed by atoms with van der Waals surface area (Å²) in [6, 6.07) is 5.07. The molecule has 10 nitrogen and oxygen atoms in total. The van der Waals surface area contributed by atoms with Gasteiger partial charge in [0.05, 0.1) is 29.2 Å². The molecule has 0 saturated heterocycles. The van der Waals surface area contributed by atoms with Gasteiger partial charge in [-0.1, -0.05) is 18.2 Å². The van der Waals surface area contributed by atoms with Crippen LogP contribution in [0.1, 0.15) is 16.7 Å². The molecule has 5 atom stereocenters. The fraction of sp³-hybridized carbons (Fsp3) is 0.250. The number of rotatable bonds is 3. The topological polar surface area (TPSA) is 182 Å². The molecule has 1 fully saturated rings. The second kappa shape index (κ2) is 9.08. The maximum absolute atomic E-state index is 14.1. The second-order valence-corrected chi connectivity index (χ2v) is 10.2. The molecule has 3 aliphatic carbocycles. The van der Waals surface area contributed by atoms with Crippen LogP contribution in [0.15, 0.2) is 53.3 Å². The van der Waals surface area contributed by atoms with Crippen molar-refractivity contribution < 1.29 is 48.7 Å². The van der Waals surface area contributed by atoms with Crippen LogP contribution in [0.2, 0.25) is 0 Å². The Bertz CT molecular complexity index is 1590. The third kappa shape index (κ3) is 3.60. The SMILES string of the molecule is CN(C)[C@H]1C(=O)C(C(N)=O)=C(O)[C@]2(O)C(=O)C3=C(O)c4c(O)cccc4/C(=C\c4cc(F)cc(F)c4)[C@@H]3[C@@H](O)[C@H]12. The van der Waals surface area contributed by atoms with E-state index < -0.39 is 87.1 Å². The summed E-state index contributed by atoms with van der Waals surface area (Å²) in [6.45, 7) is 0. The molecular formula is C28H24F2N2O8. The number of amides is 1. The van der Waals surface area contributed by atoms with Crippen LogP contribution in [0.4, 0.5) is 8.78 Å². The Morgan fingerprint density at radius 2 is 1.70 bits per heavy atom. The molecule has 2 aromatic carbocycles. The maximum Gasteiger partial charge on any atom is 0.255 e. The number of aromatic hydroxyl groups is 1. The third-order valence-electron chi connectivity index (χ3n) is 7.74. The molecule has 208 valence electrons. The van der Waals surface area contributed by atoms with Crippen molar-refractivity contribution in [2.45, 2.75) is 17.7 Å². The number of Topliss-reactive ketones (excluding diaryl/α,β-unsaturated/α-hetero) is 2. The van der Waals surface area contributed by atoms with Crippen molar-refractivity contribution in [3.63, 3.8) is 0 Å². The van der Waals surface area contributed by atoms with E-state index in [0.717, 1.165) is 12.1 Å². The Morgan fingerprint density at radius 1 is 1.07 bits per heavy atom. The summed E-state index contributed by atoms with van der Waals surface area (Å²) < 4.78 is 28.1. The predicted molar refractivity (Wildman–Crippen MR) is 136 cm³/mol. The number of phenolic OH excluding ortho intramolecular Hbond substituents is 1. The fourth-order valence-electron chi connectivity index (χ4n) is 6.15. The number of hydrogen-bond donors (Lipinski definition) is 6. The average Bonchev–Trinajstić information content (AvgIpc) is 2.84. The van der Waals surface area contributed by atoms with Crippen molar-refractivity contribution in [2.24, 2.45) is 17.6 Å². The van der Waals surface area contributed by atoms with Crippen LogP contribution in [0, 0.1) is 23.5 Å². The minimum Gasteiger partial charge on any atom is -0.508 e. The molecule has 0 spiro atoms. The van der Waals surface area contributed by atoms with Crippen LogP contribution in [0.3, 0.4) is 0 Å². The predicted octanol–water partition coefficient (Wildman–Crippen LogP) is 1.21. The van der Waals surface area contributed by atoms with Gasteiger partial charge < -0.3 is 31.3 Å². The van der Waals surface area contributed by atoms with E-state index in [2.05, 4.69) is 0 Å². The van der Waals surface area contributed by atoms with Crippen molar-refractivity contribution in [1.82, 2.24) is 4.90 Å². The average molecular weight is 555 g/mol. The Morgan fingerprint density at radius 3 is 2.27 bits per heavy atom. The van der Waals surface area contributed by atoms with Crippen LogP contribution in [0.25, 0.3) is 17.4 Å². The number of aliphatic hydroxyl groups excluding tert-OH is 3. The van der Waals surface area contributed by atoms with Crippen LogP contribution < -0.4 is 5.73 Å². The fourth-order valence-corrected chi connectivity index (χ4v) is 6.15. The molecule has 3 aliphatic rings.